The lowest BCUT2D eigenvalue weighted by Crippen LogP contribution is -2.57. The van der Waals surface area contributed by atoms with Gasteiger partial charge in [-0.05, 0) is 11.1 Å². The fourth-order valence-electron chi connectivity index (χ4n) is 1.39. The molecule has 1 saturated heterocycles. The van der Waals surface area contributed by atoms with Gasteiger partial charge in [-0.25, -0.2) is 0 Å². The summed E-state index contributed by atoms with van der Waals surface area (Å²) in [4.78, 5) is 4.91. The third-order valence-corrected chi connectivity index (χ3v) is 2.20. The van der Waals surface area contributed by atoms with E-state index in [0.29, 0.717) is 0 Å². The lowest BCUT2D eigenvalue weighted by atomic mass is 9.97. The number of aliphatic hydroxyl groups is 3. The highest BCUT2D eigenvalue weighted by molar-refractivity contribution is 4.94. The van der Waals surface area contributed by atoms with Crippen molar-refractivity contribution >= 4 is 0 Å². The summed E-state index contributed by atoms with van der Waals surface area (Å²) in [5.41, 5.74) is 16.3. The Kier molecular flexibility index (Phi) is 4.32. The highest BCUT2D eigenvalue weighted by Gasteiger charge is 2.43. The standard InChI is InChI=1S/C6H10N6O4/c7-11-9-1-2-4(13)3(10-12-8)5(14)6(15)16-2/h2-6,13-15H,1H2/t2-,3-,4+,5-,6+/m0/s1. The van der Waals surface area contributed by atoms with E-state index < -0.39 is 30.6 Å². The van der Waals surface area contributed by atoms with E-state index in [1.807, 2.05) is 0 Å². The number of azide groups is 2. The molecule has 1 aliphatic heterocycles. The van der Waals surface area contributed by atoms with Gasteiger partial charge < -0.3 is 20.1 Å². The van der Waals surface area contributed by atoms with E-state index in [4.69, 9.17) is 15.8 Å². The molecule has 0 unspecified atom stereocenters. The number of aliphatic hydroxyl groups excluding tert-OH is 3. The van der Waals surface area contributed by atoms with E-state index in [2.05, 4.69) is 20.1 Å². The van der Waals surface area contributed by atoms with Crippen molar-refractivity contribution in [1.29, 1.82) is 0 Å². The van der Waals surface area contributed by atoms with Gasteiger partial charge in [-0.3, -0.25) is 0 Å². The van der Waals surface area contributed by atoms with Crippen LogP contribution in [0.2, 0.25) is 0 Å². The van der Waals surface area contributed by atoms with Crippen LogP contribution in [0.4, 0.5) is 0 Å². The van der Waals surface area contributed by atoms with E-state index in [1.54, 1.807) is 0 Å². The topological polar surface area (TPSA) is 167 Å². The van der Waals surface area contributed by atoms with Crippen LogP contribution in [-0.4, -0.2) is 52.5 Å². The van der Waals surface area contributed by atoms with Gasteiger partial charge in [-0.1, -0.05) is 10.2 Å². The first-order chi connectivity index (χ1) is 7.61. The Morgan fingerprint density at radius 3 is 2.38 bits per heavy atom. The van der Waals surface area contributed by atoms with Crippen molar-refractivity contribution in [3.8, 4) is 0 Å². The van der Waals surface area contributed by atoms with E-state index in [-0.39, 0.29) is 6.54 Å². The number of nitrogens with zero attached hydrogens (tertiary/aromatic N) is 6. The van der Waals surface area contributed by atoms with Crippen LogP contribution in [0.15, 0.2) is 10.2 Å². The van der Waals surface area contributed by atoms with Gasteiger partial charge in [-0.15, -0.1) is 0 Å². The molecule has 0 aromatic carbocycles. The van der Waals surface area contributed by atoms with Crippen molar-refractivity contribution in [2.75, 3.05) is 6.54 Å². The van der Waals surface area contributed by atoms with Crippen LogP contribution in [0.5, 0.6) is 0 Å². The summed E-state index contributed by atoms with van der Waals surface area (Å²) in [6.45, 7) is -0.237. The fraction of sp³-hybridized carbons (Fsp3) is 1.00. The van der Waals surface area contributed by atoms with Crippen LogP contribution in [0.1, 0.15) is 0 Å². The molecule has 0 radical (unpaired) electrons. The number of hydrogen-bond donors (Lipinski definition) is 3. The molecule has 1 fully saturated rings. The second-order valence-corrected chi connectivity index (χ2v) is 3.16. The zero-order chi connectivity index (χ0) is 12.1. The maximum Gasteiger partial charge on any atom is 0.181 e. The second-order valence-electron chi connectivity index (χ2n) is 3.16. The Balaban J connectivity index is 2.83. The third-order valence-electron chi connectivity index (χ3n) is 2.20. The summed E-state index contributed by atoms with van der Waals surface area (Å²) < 4.78 is 4.80. The van der Waals surface area contributed by atoms with Crippen molar-refractivity contribution < 1.29 is 20.1 Å². The van der Waals surface area contributed by atoms with E-state index in [9.17, 15) is 15.3 Å². The van der Waals surface area contributed by atoms with Crippen molar-refractivity contribution in [3.63, 3.8) is 0 Å². The summed E-state index contributed by atoms with van der Waals surface area (Å²) in [6, 6.07) is -1.24. The molecular formula is C6H10N6O4. The predicted molar refractivity (Wildman–Crippen MR) is 49.8 cm³/mol. The summed E-state index contributed by atoms with van der Waals surface area (Å²) in [7, 11) is 0. The average Bonchev–Trinajstić information content (AvgIpc) is 2.27. The molecule has 0 spiro atoms. The molecule has 0 aliphatic carbocycles. The van der Waals surface area contributed by atoms with E-state index >= 15 is 0 Å². The van der Waals surface area contributed by atoms with Gasteiger partial charge in [-0.2, -0.15) is 0 Å². The van der Waals surface area contributed by atoms with Gasteiger partial charge in [0.2, 0.25) is 0 Å². The van der Waals surface area contributed by atoms with Crippen molar-refractivity contribution in [2.45, 2.75) is 30.6 Å². The van der Waals surface area contributed by atoms with Gasteiger partial charge in [0.25, 0.3) is 0 Å². The average molecular weight is 230 g/mol. The normalized spacial score (nSPS) is 38.3. The Morgan fingerprint density at radius 2 is 1.81 bits per heavy atom. The summed E-state index contributed by atoms with van der Waals surface area (Å²) in [5.74, 6) is 0. The predicted octanol–water partition coefficient (Wildman–Crippen LogP) is -0.585. The van der Waals surface area contributed by atoms with Crippen molar-refractivity contribution in [2.24, 2.45) is 10.2 Å². The third kappa shape index (κ3) is 2.52. The van der Waals surface area contributed by atoms with Crippen LogP contribution >= 0.6 is 0 Å². The molecule has 0 amide bonds. The molecule has 0 bridgehead atoms. The monoisotopic (exact) mass is 230 g/mol. The lowest BCUT2D eigenvalue weighted by molar-refractivity contribution is -0.249. The Labute approximate surface area is 89.3 Å². The first kappa shape index (κ1) is 12.5. The summed E-state index contributed by atoms with van der Waals surface area (Å²) >= 11 is 0. The molecule has 0 aromatic rings. The quantitative estimate of drug-likeness (QED) is 0.335. The van der Waals surface area contributed by atoms with Crippen LogP contribution in [0.3, 0.4) is 0 Å². The smallest absolute Gasteiger partial charge is 0.181 e. The molecule has 10 nitrogen and oxygen atoms in total. The zero-order valence-corrected chi connectivity index (χ0v) is 8.03. The molecule has 5 atom stereocenters. The van der Waals surface area contributed by atoms with Crippen LogP contribution < -0.4 is 0 Å². The molecule has 0 saturated carbocycles. The minimum atomic E-state index is -1.60. The zero-order valence-electron chi connectivity index (χ0n) is 8.03. The Bertz CT molecular complexity index is 338. The van der Waals surface area contributed by atoms with Gasteiger partial charge in [0.05, 0.1) is 24.8 Å². The largest absolute Gasteiger partial charge is 0.390 e. The Morgan fingerprint density at radius 1 is 1.12 bits per heavy atom. The molecule has 3 N–H and O–H groups in total. The maximum absolute atomic E-state index is 9.63. The first-order valence-corrected chi connectivity index (χ1v) is 4.36. The number of ether oxygens (including phenoxy) is 1. The van der Waals surface area contributed by atoms with E-state index in [0.717, 1.165) is 0 Å². The highest BCUT2D eigenvalue weighted by Crippen LogP contribution is 2.22. The molecular weight excluding hydrogens is 220 g/mol. The minimum Gasteiger partial charge on any atom is -0.390 e. The van der Waals surface area contributed by atoms with Gasteiger partial charge in [0.15, 0.2) is 6.29 Å². The molecule has 88 valence electrons. The van der Waals surface area contributed by atoms with Crippen molar-refractivity contribution in [1.82, 2.24) is 0 Å². The molecule has 0 aromatic heterocycles. The highest BCUT2D eigenvalue weighted by atomic mass is 16.6. The number of rotatable bonds is 3. The van der Waals surface area contributed by atoms with Crippen LogP contribution in [0, 0.1) is 0 Å². The molecule has 1 heterocycles. The molecule has 10 heteroatoms. The lowest BCUT2D eigenvalue weighted by Gasteiger charge is -2.38. The fourth-order valence-corrected chi connectivity index (χ4v) is 1.39. The summed E-state index contributed by atoms with van der Waals surface area (Å²) in [5, 5.41) is 34.6. The molecule has 1 aliphatic rings. The molecule has 16 heavy (non-hydrogen) atoms. The van der Waals surface area contributed by atoms with Gasteiger partial charge >= 0.3 is 0 Å². The van der Waals surface area contributed by atoms with Crippen molar-refractivity contribution in [3.05, 3.63) is 20.9 Å². The maximum atomic E-state index is 9.63. The summed E-state index contributed by atoms with van der Waals surface area (Å²) in [6.07, 6.45) is -5.49. The van der Waals surface area contributed by atoms with Crippen LogP contribution in [-0.2, 0) is 4.74 Å². The first-order valence-electron chi connectivity index (χ1n) is 4.36. The number of hydrogen-bond acceptors (Lipinski definition) is 6. The van der Waals surface area contributed by atoms with Crippen LogP contribution in [0.25, 0.3) is 20.9 Å². The van der Waals surface area contributed by atoms with Gasteiger partial charge in [0, 0.05) is 9.82 Å². The second kappa shape index (κ2) is 5.52. The SMILES string of the molecule is [N-]=[N+]=NC[C@@H]1O[C@@H](O)[C@@H](O)[C@@H](N=[N+]=[N-])[C@@H]1O. The Hall–Kier alpha value is -1.54. The van der Waals surface area contributed by atoms with E-state index in [1.165, 1.54) is 0 Å². The van der Waals surface area contributed by atoms with Gasteiger partial charge in [0.1, 0.15) is 6.10 Å². The molecule has 1 rings (SSSR count). The minimum absolute atomic E-state index is 0.237.